The molecule has 0 aliphatic carbocycles. The Balaban J connectivity index is 1.54. The fraction of sp³-hybridized carbons (Fsp3) is 0.562. The topological polar surface area (TPSA) is 69.8 Å². The normalized spacial score (nSPS) is 16.6. The minimum Gasteiger partial charge on any atom is -0.357 e. The van der Waals surface area contributed by atoms with Crippen LogP contribution in [0.5, 0.6) is 0 Å². The van der Waals surface area contributed by atoms with E-state index in [2.05, 4.69) is 54.7 Å². The van der Waals surface area contributed by atoms with Crippen molar-refractivity contribution in [2.45, 2.75) is 26.9 Å². The zero-order chi connectivity index (χ0) is 16.8. The first kappa shape index (κ1) is 16.9. The molecular formula is C16H24N6OS. The molecule has 0 saturated carbocycles. The number of nitrogens with one attached hydrogen (secondary N) is 1. The van der Waals surface area contributed by atoms with Crippen molar-refractivity contribution in [3.63, 3.8) is 0 Å². The molecule has 1 saturated heterocycles. The molecule has 2 aromatic heterocycles. The van der Waals surface area contributed by atoms with Crippen molar-refractivity contribution in [3.8, 4) is 0 Å². The maximum Gasteiger partial charge on any atom is 0.223 e. The highest BCUT2D eigenvalue weighted by Crippen LogP contribution is 2.13. The Hall–Kier alpha value is -1.93. The average molecular weight is 348 g/mol. The molecule has 1 fully saturated rings. The van der Waals surface area contributed by atoms with Crippen molar-refractivity contribution in [3.05, 3.63) is 34.1 Å². The lowest BCUT2D eigenvalue weighted by Crippen LogP contribution is -2.52. The molecule has 0 amide bonds. The molecule has 0 unspecified atom stereocenters. The summed E-state index contributed by atoms with van der Waals surface area (Å²) in [4.78, 5) is 15.1. The van der Waals surface area contributed by atoms with Crippen LogP contribution in [0, 0.1) is 6.92 Å². The number of aliphatic imine (C=N–C) groups is 1. The maximum absolute atomic E-state index is 5.00. The second kappa shape index (κ2) is 8.25. The largest absolute Gasteiger partial charge is 0.357 e. The lowest BCUT2D eigenvalue weighted by atomic mass is 10.3. The standard InChI is InChI=1S/C16H24N6OS/c1-3-17-16(18-11-15-19-13(2)23-20-15)22-8-6-21(7-9-22)12-14-5-4-10-24-14/h4-5,10H,3,6-9,11-12H2,1-2H3,(H,17,18). The first-order chi connectivity index (χ1) is 11.7. The van der Waals surface area contributed by atoms with Gasteiger partial charge in [-0.15, -0.1) is 11.3 Å². The van der Waals surface area contributed by atoms with E-state index >= 15 is 0 Å². The monoisotopic (exact) mass is 348 g/mol. The smallest absolute Gasteiger partial charge is 0.223 e. The van der Waals surface area contributed by atoms with Gasteiger partial charge in [0.05, 0.1) is 0 Å². The van der Waals surface area contributed by atoms with Gasteiger partial charge in [-0.3, -0.25) is 4.90 Å². The number of hydrogen-bond acceptors (Lipinski definition) is 6. The molecule has 1 aliphatic rings. The van der Waals surface area contributed by atoms with Gasteiger partial charge in [0.1, 0.15) is 6.54 Å². The Bertz CT molecular complexity index is 645. The van der Waals surface area contributed by atoms with Gasteiger partial charge in [-0.2, -0.15) is 4.98 Å². The molecule has 3 heterocycles. The van der Waals surface area contributed by atoms with E-state index < -0.39 is 0 Å². The molecule has 1 N–H and O–H groups in total. The summed E-state index contributed by atoms with van der Waals surface area (Å²) in [7, 11) is 0. The van der Waals surface area contributed by atoms with Gasteiger partial charge in [0, 0.05) is 51.1 Å². The molecule has 0 bridgehead atoms. The SMILES string of the molecule is CCNC(=NCc1noc(C)n1)N1CCN(Cc2cccs2)CC1. The molecule has 0 aromatic carbocycles. The second-order valence-electron chi connectivity index (χ2n) is 5.74. The van der Waals surface area contributed by atoms with Gasteiger partial charge in [-0.1, -0.05) is 11.2 Å². The highest BCUT2D eigenvalue weighted by molar-refractivity contribution is 7.09. The summed E-state index contributed by atoms with van der Waals surface area (Å²) in [5.41, 5.74) is 0. The summed E-state index contributed by atoms with van der Waals surface area (Å²) >= 11 is 1.83. The predicted octanol–water partition coefficient (Wildman–Crippen LogP) is 1.72. The van der Waals surface area contributed by atoms with E-state index in [1.165, 1.54) is 4.88 Å². The molecular weight excluding hydrogens is 324 g/mol. The molecule has 24 heavy (non-hydrogen) atoms. The number of rotatable bonds is 5. The van der Waals surface area contributed by atoms with Gasteiger partial charge in [0.25, 0.3) is 0 Å². The van der Waals surface area contributed by atoms with Crippen LogP contribution in [0.4, 0.5) is 0 Å². The van der Waals surface area contributed by atoms with Gasteiger partial charge in [0.15, 0.2) is 11.8 Å². The van der Waals surface area contributed by atoms with Crippen LogP contribution in [0.1, 0.15) is 23.5 Å². The molecule has 8 heteroatoms. The summed E-state index contributed by atoms with van der Waals surface area (Å²) in [5, 5.41) is 9.40. The first-order valence-corrected chi connectivity index (χ1v) is 9.19. The molecule has 7 nitrogen and oxygen atoms in total. The third kappa shape index (κ3) is 4.55. The van der Waals surface area contributed by atoms with Crippen LogP contribution in [0.25, 0.3) is 0 Å². The van der Waals surface area contributed by atoms with Gasteiger partial charge in [-0.05, 0) is 18.4 Å². The number of hydrogen-bond donors (Lipinski definition) is 1. The van der Waals surface area contributed by atoms with Crippen molar-refractivity contribution in [1.82, 2.24) is 25.3 Å². The molecule has 2 aromatic rings. The summed E-state index contributed by atoms with van der Waals surface area (Å²) in [6.45, 7) is 10.2. The third-order valence-corrected chi connectivity index (χ3v) is 4.77. The fourth-order valence-electron chi connectivity index (χ4n) is 2.72. The summed E-state index contributed by atoms with van der Waals surface area (Å²) in [6, 6.07) is 4.32. The predicted molar refractivity (Wildman–Crippen MR) is 95.0 cm³/mol. The van der Waals surface area contributed by atoms with Crippen LogP contribution in [-0.2, 0) is 13.1 Å². The van der Waals surface area contributed by atoms with Crippen LogP contribution in [0.15, 0.2) is 27.0 Å². The van der Waals surface area contributed by atoms with Gasteiger partial charge in [-0.25, -0.2) is 4.99 Å². The number of aromatic nitrogens is 2. The Labute approximate surface area is 146 Å². The number of aryl methyl sites for hydroxylation is 1. The Kier molecular flexibility index (Phi) is 5.81. The van der Waals surface area contributed by atoms with E-state index in [0.717, 1.165) is 45.2 Å². The Morgan fingerprint density at radius 3 is 2.83 bits per heavy atom. The molecule has 0 radical (unpaired) electrons. The lowest BCUT2D eigenvalue weighted by molar-refractivity contribution is 0.173. The maximum atomic E-state index is 5.00. The van der Waals surface area contributed by atoms with Gasteiger partial charge < -0.3 is 14.7 Å². The summed E-state index contributed by atoms with van der Waals surface area (Å²) < 4.78 is 5.00. The molecule has 130 valence electrons. The Morgan fingerprint density at radius 2 is 2.21 bits per heavy atom. The summed E-state index contributed by atoms with van der Waals surface area (Å²) in [6.07, 6.45) is 0. The van der Waals surface area contributed by atoms with Gasteiger partial charge >= 0.3 is 0 Å². The summed E-state index contributed by atoms with van der Waals surface area (Å²) in [5.74, 6) is 2.13. The minimum absolute atomic E-state index is 0.440. The van der Waals surface area contributed by atoms with Crippen LogP contribution >= 0.6 is 11.3 Å². The van der Waals surface area contributed by atoms with Crippen molar-refractivity contribution >= 4 is 17.3 Å². The number of nitrogens with zero attached hydrogens (tertiary/aromatic N) is 5. The van der Waals surface area contributed by atoms with E-state index in [0.29, 0.717) is 18.3 Å². The van der Waals surface area contributed by atoms with E-state index in [9.17, 15) is 0 Å². The first-order valence-electron chi connectivity index (χ1n) is 8.32. The second-order valence-corrected chi connectivity index (χ2v) is 6.77. The zero-order valence-corrected chi connectivity index (χ0v) is 15.1. The number of thiophene rings is 1. The van der Waals surface area contributed by atoms with Gasteiger partial charge in [0.2, 0.25) is 5.89 Å². The van der Waals surface area contributed by atoms with Crippen molar-refractivity contribution < 1.29 is 4.52 Å². The highest BCUT2D eigenvalue weighted by atomic mass is 32.1. The molecule has 0 atom stereocenters. The van der Waals surface area contributed by atoms with Crippen molar-refractivity contribution in [1.29, 1.82) is 0 Å². The number of piperazine rings is 1. The highest BCUT2D eigenvalue weighted by Gasteiger charge is 2.20. The zero-order valence-electron chi connectivity index (χ0n) is 14.2. The van der Waals surface area contributed by atoms with Crippen LogP contribution in [0.2, 0.25) is 0 Å². The number of guanidine groups is 1. The fourth-order valence-corrected chi connectivity index (χ4v) is 3.46. The van der Waals surface area contributed by atoms with E-state index in [1.54, 1.807) is 6.92 Å². The minimum atomic E-state index is 0.440. The van der Waals surface area contributed by atoms with Crippen molar-refractivity contribution in [2.75, 3.05) is 32.7 Å². The lowest BCUT2D eigenvalue weighted by Gasteiger charge is -2.36. The average Bonchev–Trinajstić information content (AvgIpc) is 3.24. The van der Waals surface area contributed by atoms with Crippen LogP contribution < -0.4 is 5.32 Å². The molecule has 1 aliphatic heterocycles. The molecule has 3 rings (SSSR count). The quantitative estimate of drug-likeness (QED) is 0.655. The van der Waals surface area contributed by atoms with E-state index in [-0.39, 0.29) is 0 Å². The Morgan fingerprint density at radius 1 is 1.38 bits per heavy atom. The van der Waals surface area contributed by atoms with Crippen molar-refractivity contribution in [2.24, 2.45) is 4.99 Å². The van der Waals surface area contributed by atoms with E-state index in [4.69, 9.17) is 4.52 Å². The van der Waals surface area contributed by atoms with E-state index in [1.807, 2.05) is 11.3 Å². The van der Waals surface area contributed by atoms with Crippen LogP contribution in [0.3, 0.4) is 0 Å². The third-order valence-electron chi connectivity index (χ3n) is 3.91. The molecule has 0 spiro atoms. The van der Waals surface area contributed by atoms with Crippen LogP contribution in [-0.4, -0.2) is 58.6 Å².